The SMILES string of the molecule is Cc1ncc(N2CCCC2)[nH]1. The molecule has 1 aliphatic rings. The molecule has 0 unspecified atom stereocenters. The molecule has 60 valence electrons. The van der Waals surface area contributed by atoms with Gasteiger partial charge < -0.3 is 9.88 Å². The van der Waals surface area contributed by atoms with Crippen LogP contribution in [-0.2, 0) is 0 Å². The number of nitrogens with one attached hydrogen (secondary N) is 1. The minimum atomic E-state index is 1.01. The molecule has 1 aromatic rings. The van der Waals surface area contributed by atoms with E-state index in [0.717, 1.165) is 5.82 Å². The third-order valence-corrected chi connectivity index (χ3v) is 2.14. The highest BCUT2D eigenvalue weighted by Crippen LogP contribution is 2.16. The van der Waals surface area contributed by atoms with Crippen LogP contribution in [0.2, 0.25) is 0 Å². The maximum atomic E-state index is 4.16. The molecule has 2 rings (SSSR count). The molecule has 0 radical (unpaired) electrons. The predicted octanol–water partition coefficient (Wildman–Crippen LogP) is 1.32. The zero-order valence-electron chi connectivity index (χ0n) is 6.80. The largest absolute Gasteiger partial charge is 0.357 e. The Hall–Kier alpha value is -0.990. The maximum Gasteiger partial charge on any atom is 0.126 e. The average molecular weight is 151 g/mol. The summed E-state index contributed by atoms with van der Waals surface area (Å²) < 4.78 is 0. The summed E-state index contributed by atoms with van der Waals surface area (Å²) in [5.74, 6) is 2.19. The molecule has 1 saturated heterocycles. The Kier molecular flexibility index (Phi) is 1.56. The standard InChI is InChI=1S/C8H13N3/c1-7-9-6-8(10-7)11-4-2-3-5-11/h6H,2-5H2,1H3,(H,9,10). The molecule has 1 aliphatic heterocycles. The van der Waals surface area contributed by atoms with Gasteiger partial charge in [0.15, 0.2) is 0 Å². The van der Waals surface area contributed by atoms with Gasteiger partial charge in [-0.15, -0.1) is 0 Å². The van der Waals surface area contributed by atoms with Crippen LogP contribution >= 0.6 is 0 Å². The van der Waals surface area contributed by atoms with Crippen molar-refractivity contribution in [2.24, 2.45) is 0 Å². The Morgan fingerprint density at radius 3 is 2.73 bits per heavy atom. The molecular weight excluding hydrogens is 138 g/mol. The molecule has 3 heteroatoms. The average Bonchev–Trinajstić information content (AvgIpc) is 2.55. The molecule has 0 aliphatic carbocycles. The van der Waals surface area contributed by atoms with Crippen LogP contribution in [-0.4, -0.2) is 23.1 Å². The number of rotatable bonds is 1. The first-order valence-corrected chi connectivity index (χ1v) is 4.13. The molecule has 0 amide bonds. The highest BCUT2D eigenvalue weighted by molar-refractivity contribution is 5.37. The van der Waals surface area contributed by atoms with E-state index in [1.54, 1.807) is 0 Å². The monoisotopic (exact) mass is 151 g/mol. The van der Waals surface area contributed by atoms with Gasteiger partial charge in [0, 0.05) is 13.1 Å². The van der Waals surface area contributed by atoms with E-state index < -0.39 is 0 Å². The van der Waals surface area contributed by atoms with E-state index in [1.807, 2.05) is 13.1 Å². The van der Waals surface area contributed by atoms with E-state index in [9.17, 15) is 0 Å². The number of imidazole rings is 1. The van der Waals surface area contributed by atoms with Crippen LogP contribution in [0.15, 0.2) is 6.20 Å². The highest BCUT2D eigenvalue weighted by atomic mass is 15.2. The normalized spacial score (nSPS) is 17.7. The molecule has 0 bridgehead atoms. The molecule has 0 spiro atoms. The first-order valence-electron chi connectivity index (χ1n) is 4.13. The summed E-state index contributed by atoms with van der Waals surface area (Å²) in [6, 6.07) is 0. The molecule has 11 heavy (non-hydrogen) atoms. The van der Waals surface area contributed by atoms with Crippen molar-refractivity contribution in [1.29, 1.82) is 0 Å². The van der Waals surface area contributed by atoms with Crippen molar-refractivity contribution in [1.82, 2.24) is 9.97 Å². The van der Waals surface area contributed by atoms with Crippen LogP contribution in [0.25, 0.3) is 0 Å². The summed E-state index contributed by atoms with van der Waals surface area (Å²) in [5.41, 5.74) is 0. The lowest BCUT2D eigenvalue weighted by molar-refractivity contribution is 0.941. The van der Waals surface area contributed by atoms with Crippen molar-refractivity contribution in [3.05, 3.63) is 12.0 Å². The predicted molar refractivity (Wildman–Crippen MR) is 44.8 cm³/mol. The Bertz CT molecular complexity index is 235. The zero-order chi connectivity index (χ0) is 7.68. The van der Waals surface area contributed by atoms with Gasteiger partial charge in [-0.05, 0) is 19.8 Å². The van der Waals surface area contributed by atoms with E-state index in [-0.39, 0.29) is 0 Å². The summed E-state index contributed by atoms with van der Waals surface area (Å²) in [6.07, 6.45) is 4.55. The second-order valence-corrected chi connectivity index (χ2v) is 3.05. The summed E-state index contributed by atoms with van der Waals surface area (Å²) in [7, 11) is 0. The number of aromatic nitrogens is 2. The van der Waals surface area contributed by atoms with Crippen LogP contribution in [0, 0.1) is 6.92 Å². The molecule has 1 N–H and O–H groups in total. The lowest BCUT2D eigenvalue weighted by Gasteiger charge is -2.13. The van der Waals surface area contributed by atoms with Gasteiger partial charge in [-0.1, -0.05) is 0 Å². The maximum absolute atomic E-state index is 4.16. The van der Waals surface area contributed by atoms with Gasteiger partial charge in [-0.2, -0.15) is 0 Å². The van der Waals surface area contributed by atoms with Gasteiger partial charge in [-0.3, -0.25) is 0 Å². The number of hydrogen-bond donors (Lipinski definition) is 1. The summed E-state index contributed by atoms with van der Waals surface area (Å²) >= 11 is 0. The third-order valence-electron chi connectivity index (χ3n) is 2.14. The molecule has 2 heterocycles. The Morgan fingerprint density at radius 1 is 1.45 bits per heavy atom. The first-order chi connectivity index (χ1) is 5.36. The van der Waals surface area contributed by atoms with Crippen LogP contribution < -0.4 is 4.90 Å². The van der Waals surface area contributed by atoms with Crippen molar-refractivity contribution < 1.29 is 0 Å². The number of anilines is 1. The van der Waals surface area contributed by atoms with Gasteiger partial charge in [0.05, 0.1) is 6.20 Å². The van der Waals surface area contributed by atoms with E-state index >= 15 is 0 Å². The van der Waals surface area contributed by atoms with Crippen molar-refractivity contribution in [2.45, 2.75) is 19.8 Å². The molecule has 0 saturated carbocycles. The Balaban J connectivity index is 2.15. The minimum absolute atomic E-state index is 1.01. The lowest BCUT2D eigenvalue weighted by Crippen LogP contribution is -2.17. The molecule has 1 aromatic heterocycles. The molecule has 1 fully saturated rings. The third kappa shape index (κ3) is 1.23. The molecule has 0 atom stereocenters. The van der Waals surface area contributed by atoms with Crippen LogP contribution in [0.3, 0.4) is 0 Å². The number of hydrogen-bond acceptors (Lipinski definition) is 2. The second kappa shape index (κ2) is 2.57. The highest BCUT2D eigenvalue weighted by Gasteiger charge is 2.13. The lowest BCUT2D eigenvalue weighted by atomic mass is 10.4. The number of aromatic amines is 1. The van der Waals surface area contributed by atoms with Crippen LogP contribution in [0.1, 0.15) is 18.7 Å². The molecule has 3 nitrogen and oxygen atoms in total. The number of aryl methyl sites for hydroxylation is 1. The number of H-pyrrole nitrogens is 1. The van der Waals surface area contributed by atoms with Gasteiger partial charge in [0.2, 0.25) is 0 Å². The van der Waals surface area contributed by atoms with Gasteiger partial charge in [-0.25, -0.2) is 4.98 Å². The Morgan fingerprint density at radius 2 is 2.18 bits per heavy atom. The summed E-state index contributed by atoms with van der Waals surface area (Å²) in [5, 5.41) is 0. The van der Waals surface area contributed by atoms with Gasteiger partial charge in [0.1, 0.15) is 11.6 Å². The van der Waals surface area contributed by atoms with Gasteiger partial charge in [0.25, 0.3) is 0 Å². The molecule has 0 aromatic carbocycles. The van der Waals surface area contributed by atoms with Gasteiger partial charge >= 0.3 is 0 Å². The summed E-state index contributed by atoms with van der Waals surface area (Å²) in [6.45, 7) is 4.35. The van der Waals surface area contributed by atoms with Crippen molar-refractivity contribution in [3.8, 4) is 0 Å². The fourth-order valence-corrected chi connectivity index (χ4v) is 1.53. The van der Waals surface area contributed by atoms with Crippen molar-refractivity contribution in [2.75, 3.05) is 18.0 Å². The van der Waals surface area contributed by atoms with Crippen molar-refractivity contribution in [3.63, 3.8) is 0 Å². The molecular formula is C8H13N3. The van der Waals surface area contributed by atoms with Crippen molar-refractivity contribution >= 4 is 5.82 Å². The van der Waals surface area contributed by atoms with E-state index in [0.29, 0.717) is 0 Å². The minimum Gasteiger partial charge on any atom is -0.357 e. The number of nitrogens with zero attached hydrogens (tertiary/aromatic N) is 2. The van der Waals surface area contributed by atoms with E-state index in [1.165, 1.54) is 31.7 Å². The quantitative estimate of drug-likeness (QED) is 0.656. The Labute approximate surface area is 66.4 Å². The topological polar surface area (TPSA) is 31.9 Å². The van der Waals surface area contributed by atoms with E-state index in [4.69, 9.17) is 0 Å². The van der Waals surface area contributed by atoms with Crippen LogP contribution in [0.4, 0.5) is 5.82 Å². The first kappa shape index (κ1) is 6.70. The fourth-order valence-electron chi connectivity index (χ4n) is 1.53. The summed E-state index contributed by atoms with van der Waals surface area (Å²) in [4.78, 5) is 9.74. The zero-order valence-corrected chi connectivity index (χ0v) is 6.80. The fraction of sp³-hybridized carbons (Fsp3) is 0.625. The van der Waals surface area contributed by atoms with Crippen LogP contribution in [0.5, 0.6) is 0 Å². The smallest absolute Gasteiger partial charge is 0.126 e. The second-order valence-electron chi connectivity index (χ2n) is 3.05. The van der Waals surface area contributed by atoms with E-state index in [2.05, 4.69) is 14.9 Å².